The summed E-state index contributed by atoms with van der Waals surface area (Å²) < 4.78 is 28.6. The molecule has 0 aliphatic heterocycles. The van der Waals surface area contributed by atoms with Crippen LogP contribution in [0, 0.1) is 0 Å². The molecule has 0 radical (unpaired) electrons. The predicted molar refractivity (Wildman–Crippen MR) is 81.3 cm³/mol. The van der Waals surface area contributed by atoms with Gasteiger partial charge in [0.05, 0.1) is 11.0 Å². The van der Waals surface area contributed by atoms with Crippen molar-refractivity contribution >= 4 is 9.84 Å². The largest absolute Gasteiger partial charge is 0.457 e. The van der Waals surface area contributed by atoms with Crippen LogP contribution in [0.3, 0.4) is 0 Å². The van der Waals surface area contributed by atoms with Gasteiger partial charge in [0.1, 0.15) is 11.5 Å². The maximum Gasteiger partial charge on any atom is 0.175 e. The van der Waals surface area contributed by atoms with E-state index >= 15 is 0 Å². The van der Waals surface area contributed by atoms with Crippen LogP contribution in [0.4, 0.5) is 0 Å². The molecule has 4 nitrogen and oxygen atoms in total. The molecule has 1 atom stereocenters. The van der Waals surface area contributed by atoms with Crippen LogP contribution in [0.1, 0.15) is 25.0 Å². The average Bonchev–Trinajstić information content (AvgIpc) is 2.46. The molecule has 0 saturated carbocycles. The average molecular weight is 306 g/mol. The number of aliphatic hydroxyl groups is 1. The number of hydrogen-bond acceptors (Lipinski definition) is 4. The minimum atomic E-state index is -3.21. The van der Waals surface area contributed by atoms with Crippen LogP contribution in [0.25, 0.3) is 0 Å². The molecule has 0 aromatic heterocycles. The molecule has 0 aliphatic rings. The van der Waals surface area contributed by atoms with Gasteiger partial charge in [-0.3, -0.25) is 0 Å². The molecule has 0 amide bonds. The maximum atomic E-state index is 11.4. The third kappa shape index (κ3) is 3.83. The summed E-state index contributed by atoms with van der Waals surface area (Å²) in [5.41, 5.74) is 0.715. The van der Waals surface area contributed by atoms with Gasteiger partial charge >= 0.3 is 0 Å². The van der Waals surface area contributed by atoms with E-state index < -0.39 is 15.9 Å². The second-order valence-corrected chi connectivity index (χ2v) is 6.82. The zero-order valence-electron chi connectivity index (χ0n) is 12.0. The van der Waals surface area contributed by atoms with E-state index in [1.165, 1.54) is 12.1 Å². The van der Waals surface area contributed by atoms with Gasteiger partial charge in [-0.25, -0.2) is 8.42 Å². The van der Waals surface area contributed by atoms with Crippen molar-refractivity contribution in [2.75, 3.05) is 6.26 Å². The van der Waals surface area contributed by atoms with E-state index in [4.69, 9.17) is 4.74 Å². The third-order valence-corrected chi connectivity index (χ3v) is 4.27. The number of benzene rings is 2. The van der Waals surface area contributed by atoms with Gasteiger partial charge < -0.3 is 9.84 Å². The highest BCUT2D eigenvalue weighted by Crippen LogP contribution is 2.31. The van der Waals surface area contributed by atoms with Crippen LogP contribution in [0.5, 0.6) is 11.5 Å². The van der Waals surface area contributed by atoms with Crippen LogP contribution < -0.4 is 4.74 Å². The van der Waals surface area contributed by atoms with Crippen molar-refractivity contribution < 1.29 is 18.3 Å². The van der Waals surface area contributed by atoms with Crippen LogP contribution >= 0.6 is 0 Å². The Morgan fingerprint density at radius 3 is 2.29 bits per heavy atom. The molecule has 21 heavy (non-hydrogen) atoms. The van der Waals surface area contributed by atoms with Crippen molar-refractivity contribution in [1.29, 1.82) is 0 Å². The molecule has 0 unspecified atom stereocenters. The fourth-order valence-corrected chi connectivity index (χ4v) is 2.58. The first-order valence-electron chi connectivity index (χ1n) is 6.66. The number of sulfone groups is 1. The molecule has 2 rings (SSSR count). The summed E-state index contributed by atoms with van der Waals surface area (Å²) in [5.74, 6) is 1.09. The van der Waals surface area contributed by atoms with Gasteiger partial charge in [0, 0.05) is 11.8 Å². The molecular formula is C16H18O4S. The minimum absolute atomic E-state index is 0.247. The first-order chi connectivity index (χ1) is 9.91. The summed E-state index contributed by atoms with van der Waals surface area (Å²) in [6.07, 6.45) is 1.17. The fourth-order valence-electron chi connectivity index (χ4n) is 1.95. The Bertz CT molecular complexity index is 705. The van der Waals surface area contributed by atoms with Gasteiger partial charge in [-0.15, -0.1) is 0 Å². The number of ether oxygens (including phenoxy) is 1. The first-order valence-corrected chi connectivity index (χ1v) is 8.56. The molecule has 0 spiro atoms. The Morgan fingerprint density at radius 1 is 1.10 bits per heavy atom. The van der Waals surface area contributed by atoms with E-state index in [2.05, 4.69) is 0 Å². The highest BCUT2D eigenvalue weighted by Gasteiger charge is 2.12. The SMILES string of the molecule is CC[C@H](O)c1ccccc1Oc1ccc(S(C)(=O)=O)cc1. The van der Waals surface area contributed by atoms with Gasteiger partial charge in [-0.05, 0) is 36.8 Å². The topological polar surface area (TPSA) is 63.6 Å². The molecule has 0 fully saturated rings. The molecule has 112 valence electrons. The zero-order chi connectivity index (χ0) is 15.5. The molecule has 1 N–H and O–H groups in total. The molecule has 5 heteroatoms. The van der Waals surface area contributed by atoms with Gasteiger partial charge in [-0.2, -0.15) is 0 Å². The lowest BCUT2D eigenvalue weighted by Crippen LogP contribution is -1.99. The number of aliphatic hydroxyl groups excluding tert-OH is 1. The highest BCUT2D eigenvalue weighted by molar-refractivity contribution is 7.90. The van der Waals surface area contributed by atoms with Crippen LogP contribution in [-0.2, 0) is 9.84 Å². The molecule has 0 aliphatic carbocycles. The zero-order valence-corrected chi connectivity index (χ0v) is 12.8. The second kappa shape index (κ2) is 6.28. The summed E-state index contributed by atoms with van der Waals surface area (Å²) >= 11 is 0. The summed E-state index contributed by atoms with van der Waals surface area (Å²) in [5, 5.41) is 9.98. The Hall–Kier alpha value is -1.85. The Morgan fingerprint density at radius 2 is 1.71 bits per heavy atom. The third-order valence-electron chi connectivity index (χ3n) is 3.14. The van der Waals surface area contributed by atoms with Crippen molar-refractivity contribution in [1.82, 2.24) is 0 Å². The molecule has 0 bridgehead atoms. The van der Waals surface area contributed by atoms with Gasteiger partial charge in [0.15, 0.2) is 9.84 Å². The second-order valence-electron chi connectivity index (χ2n) is 4.81. The van der Waals surface area contributed by atoms with E-state index in [1.807, 2.05) is 25.1 Å². The van der Waals surface area contributed by atoms with Crippen molar-refractivity contribution in [2.24, 2.45) is 0 Å². The van der Waals surface area contributed by atoms with E-state index in [-0.39, 0.29) is 4.90 Å². The van der Waals surface area contributed by atoms with Gasteiger partial charge in [0.2, 0.25) is 0 Å². The first kappa shape index (κ1) is 15.5. The molecule has 0 heterocycles. The van der Waals surface area contributed by atoms with E-state index in [0.717, 1.165) is 6.26 Å². The van der Waals surface area contributed by atoms with E-state index in [0.29, 0.717) is 23.5 Å². The summed E-state index contributed by atoms with van der Waals surface area (Å²) in [6.45, 7) is 1.89. The number of para-hydroxylation sites is 1. The Kier molecular flexibility index (Phi) is 4.65. The lowest BCUT2D eigenvalue weighted by molar-refractivity contribution is 0.170. The van der Waals surface area contributed by atoms with Crippen molar-refractivity contribution in [3.8, 4) is 11.5 Å². The monoisotopic (exact) mass is 306 g/mol. The lowest BCUT2D eigenvalue weighted by Gasteiger charge is -2.14. The maximum absolute atomic E-state index is 11.4. The predicted octanol–water partition coefficient (Wildman–Crippen LogP) is 3.33. The van der Waals surface area contributed by atoms with Crippen molar-refractivity contribution in [2.45, 2.75) is 24.3 Å². The molecule has 2 aromatic rings. The van der Waals surface area contributed by atoms with Crippen molar-refractivity contribution in [3.63, 3.8) is 0 Å². The molecular weight excluding hydrogens is 288 g/mol. The van der Waals surface area contributed by atoms with Gasteiger partial charge in [-0.1, -0.05) is 25.1 Å². The molecule has 0 saturated heterocycles. The molecule has 2 aromatic carbocycles. The highest BCUT2D eigenvalue weighted by atomic mass is 32.2. The number of rotatable bonds is 5. The van der Waals surface area contributed by atoms with Crippen LogP contribution in [0.15, 0.2) is 53.4 Å². The summed E-state index contributed by atoms with van der Waals surface area (Å²) in [7, 11) is -3.21. The van der Waals surface area contributed by atoms with Gasteiger partial charge in [0.25, 0.3) is 0 Å². The fraction of sp³-hybridized carbons (Fsp3) is 0.250. The Labute approximate surface area is 124 Å². The quantitative estimate of drug-likeness (QED) is 0.920. The smallest absolute Gasteiger partial charge is 0.175 e. The normalized spacial score (nSPS) is 12.9. The van der Waals surface area contributed by atoms with E-state index in [1.54, 1.807) is 18.2 Å². The van der Waals surface area contributed by atoms with Crippen LogP contribution in [-0.4, -0.2) is 19.8 Å². The summed E-state index contributed by atoms with van der Waals surface area (Å²) in [6, 6.07) is 13.5. The minimum Gasteiger partial charge on any atom is -0.457 e. The van der Waals surface area contributed by atoms with Crippen molar-refractivity contribution in [3.05, 3.63) is 54.1 Å². The lowest BCUT2D eigenvalue weighted by atomic mass is 10.1. The summed E-state index contributed by atoms with van der Waals surface area (Å²) in [4.78, 5) is 0.247. The van der Waals surface area contributed by atoms with Crippen LogP contribution in [0.2, 0.25) is 0 Å². The van der Waals surface area contributed by atoms with E-state index in [9.17, 15) is 13.5 Å². The number of hydrogen-bond donors (Lipinski definition) is 1. The standard InChI is InChI=1S/C16H18O4S/c1-3-15(17)14-6-4-5-7-16(14)20-12-8-10-13(11-9-12)21(2,18)19/h4-11,15,17H,3H2,1-2H3/t15-/m0/s1. The Balaban J connectivity index is 2.27.